The Morgan fingerprint density at radius 3 is 2.28 bits per heavy atom. The van der Waals surface area contributed by atoms with Crippen molar-refractivity contribution in [3.8, 4) is 0 Å². The number of rotatable bonds is 5. The topological polar surface area (TPSA) is 99.8 Å². The molecule has 1 heterocycles. The van der Waals surface area contributed by atoms with Crippen LogP contribution in [0.1, 0.15) is 50.9 Å². The quantitative estimate of drug-likeness (QED) is 0.771. The predicted octanol–water partition coefficient (Wildman–Crippen LogP) is 1.87. The Morgan fingerprint density at radius 1 is 1.12 bits per heavy atom. The number of hydrogen-bond donors (Lipinski definition) is 3. The Labute approximate surface area is 147 Å². The van der Waals surface area contributed by atoms with E-state index in [2.05, 4.69) is 25.8 Å². The minimum atomic E-state index is -0.669. The van der Waals surface area contributed by atoms with E-state index in [1.165, 1.54) is 0 Å². The number of carbonyl (C=O) groups excluding carboxylic acids is 2. The van der Waals surface area contributed by atoms with Gasteiger partial charge in [0.25, 0.3) is 0 Å². The van der Waals surface area contributed by atoms with E-state index in [0.717, 1.165) is 5.56 Å². The fraction of sp³-hybridized carbons (Fsp3) is 0.444. The van der Waals surface area contributed by atoms with E-state index >= 15 is 0 Å². The van der Waals surface area contributed by atoms with Crippen LogP contribution >= 0.6 is 0 Å². The maximum absolute atomic E-state index is 12.6. The SMILES string of the molecule is Cc1nc([C@@H](NC(=O)[C@@H](C)NC(=O)C(C)(C)C)c2ccccc2)n[nH]1. The van der Waals surface area contributed by atoms with Crippen molar-refractivity contribution in [2.24, 2.45) is 5.41 Å². The number of aromatic amines is 1. The van der Waals surface area contributed by atoms with Gasteiger partial charge in [-0.2, -0.15) is 5.10 Å². The predicted molar refractivity (Wildman–Crippen MR) is 94.6 cm³/mol. The normalized spacial score (nSPS) is 13.8. The van der Waals surface area contributed by atoms with E-state index in [9.17, 15) is 9.59 Å². The highest BCUT2D eigenvalue weighted by Crippen LogP contribution is 2.19. The fourth-order valence-electron chi connectivity index (χ4n) is 2.18. The van der Waals surface area contributed by atoms with Crippen LogP contribution < -0.4 is 10.6 Å². The zero-order chi connectivity index (χ0) is 18.6. The molecule has 2 rings (SSSR count). The van der Waals surface area contributed by atoms with E-state index < -0.39 is 17.5 Å². The molecule has 0 radical (unpaired) electrons. The molecule has 1 aromatic heterocycles. The monoisotopic (exact) mass is 343 g/mol. The molecule has 0 aliphatic rings. The Morgan fingerprint density at radius 2 is 1.76 bits per heavy atom. The molecule has 1 aromatic carbocycles. The van der Waals surface area contributed by atoms with Gasteiger partial charge in [-0.05, 0) is 19.4 Å². The van der Waals surface area contributed by atoms with Crippen molar-refractivity contribution in [1.82, 2.24) is 25.8 Å². The third-order valence-electron chi connectivity index (χ3n) is 3.71. The molecule has 3 N–H and O–H groups in total. The summed E-state index contributed by atoms with van der Waals surface area (Å²) in [5, 5.41) is 12.6. The first-order valence-corrected chi connectivity index (χ1v) is 8.23. The number of aryl methyl sites for hydroxylation is 1. The summed E-state index contributed by atoms with van der Waals surface area (Å²) < 4.78 is 0. The molecular formula is C18H25N5O2. The van der Waals surface area contributed by atoms with Crippen LogP contribution in [0, 0.1) is 12.3 Å². The summed E-state index contributed by atoms with van der Waals surface area (Å²) in [5.41, 5.74) is 0.304. The first-order valence-electron chi connectivity index (χ1n) is 8.23. The van der Waals surface area contributed by atoms with Crippen molar-refractivity contribution in [3.05, 3.63) is 47.5 Å². The van der Waals surface area contributed by atoms with Gasteiger partial charge in [0.15, 0.2) is 5.82 Å². The number of carbonyl (C=O) groups is 2. The van der Waals surface area contributed by atoms with Crippen molar-refractivity contribution in [2.45, 2.75) is 46.7 Å². The smallest absolute Gasteiger partial charge is 0.243 e. The third-order valence-corrected chi connectivity index (χ3v) is 3.71. The molecule has 0 unspecified atom stereocenters. The molecule has 2 atom stereocenters. The lowest BCUT2D eigenvalue weighted by Gasteiger charge is -2.23. The van der Waals surface area contributed by atoms with Gasteiger partial charge in [-0.15, -0.1) is 0 Å². The molecule has 2 amide bonds. The molecular weight excluding hydrogens is 318 g/mol. The van der Waals surface area contributed by atoms with Crippen molar-refractivity contribution >= 4 is 11.8 Å². The Hall–Kier alpha value is -2.70. The van der Waals surface area contributed by atoms with E-state index in [1.54, 1.807) is 34.6 Å². The van der Waals surface area contributed by atoms with E-state index in [1.807, 2.05) is 30.3 Å². The van der Waals surface area contributed by atoms with Gasteiger partial charge in [0.1, 0.15) is 17.9 Å². The lowest BCUT2D eigenvalue weighted by atomic mass is 9.95. The van der Waals surface area contributed by atoms with Crippen LogP contribution in [0.25, 0.3) is 0 Å². The number of H-pyrrole nitrogens is 1. The van der Waals surface area contributed by atoms with E-state index in [4.69, 9.17) is 0 Å². The van der Waals surface area contributed by atoms with E-state index in [0.29, 0.717) is 11.6 Å². The number of benzene rings is 1. The van der Waals surface area contributed by atoms with Crippen molar-refractivity contribution in [3.63, 3.8) is 0 Å². The summed E-state index contributed by atoms with van der Waals surface area (Å²) >= 11 is 0. The Balaban J connectivity index is 2.17. The number of amides is 2. The van der Waals surface area contributed by atoms with Crippen LogP contribution in [0.15, 0.2) is 30.3 Å². The summed E-state index contributed by atoms with van der Waals surface area (Å²) in [6.45, 7) is 8.86. The van der Waals surface area contributed by atoms with Gasteiger partial charge >= 0.3 is 0 Å². The minimum absolute atomic E-state index is 0.180. The molecule has 0 saturated heterocycles. The second-order valence-electron chi connectivity index (χ2n) is 7.08. The highest BCUT2D eigenvalue weighted by molar-refractivity contribution is 5.89. The molecule has 7 heteroatoms. The summed E-state index contributed by atoms with van der Waals surface area (Å²) in [6, 6.07) is 8.31. The second-order valence-corrected chi connectivity index (χ2v) is 7.08. The molecule has 134 valence electrons. The minimum Gasteiger partial charge on any atom is -0.344 e. The van der Waals surface area contributed by atoms with Crippen LogP contribution in [0.5, 0.6) is 0 Å². The van der Waals surface area contributed by atoms with Crippen LogP contribution in [-0.2, 0) is 9.59 Å². The highest BCUT2D eigenvalue weighted by Gasteiger charge is 2.27. The lowest BCUT2D eigenvalue weighted by Crippen LogP contribution is -2.49. The first kappa shape index (κ1) is 18.6. The highest BCUT2D eigenvalue weighted by atomic mass is 16.2. The van der Waals surface area contributed by atoms with Crippen LogP contribution in [0.2, 0.25) is 0 Å². The van der Waals surface area contributed by atoms with Gasteiger partial charge in [0, 0.05) is 5.41 Å². The maximum atomic E-state index is 12.6. The second kappa shape index (κ2) is 7.46. The van der Waals surface area contributed by atoms with Crippen LogP contribution in [0.3, 0.4) is 0 Å². The number of aromatic nitrogens is 3. The number of hydrogen-bond acceptors (Lipinski definition) is 4. The molecule has 0 aliphatic heterocycles. The largest absolute Gasteiger partial charge is 0.344 e. The molecule has 0 bridgehead atoms. The lowest BCUT2D eigenvalue weighted by molar-refractivity contribution is -0.133. The van der Waals surface area contributed by atoms with Crippen LogP contribution in [0.4, 0.5) is 0 Å². The Kier molecular flexibility index (Phi) is 5.56. The molecule has 25 heavy (non-hydrogen) atoms. The zero-order valence-electron chi connectivity index (χ0n) is 15.3. The van der Waals surface area contributed by atoms with Gasteiger partial charge in [0.05, 0.1) is 0 Å². The average Bonchev–Trinajstić information content (AvgIpc) is 2.98. The average molecular weight is 343 g/mol. The standard InChI is InChI=1S/C18H25N5O2/c1-11(19-17(25)18(3,4)5)16(24)21-14(13-9-7-6-8-10-13)15-20-12(2)22-23-15/h6-11,14H,1-5H3,(H,19,25)(H,21,24)(H,20,22,23)/t11-,14+/m1/s1. The van der Waals surface area contributed by atoms with Gasteiger partial charge in [0.2, 0.25) is 11.8 Å². The molecule has 0 aliphatic carbocycles. The number of nitrogens with zero attached hydrogens (tertiary/aromatic N) is 2. The molecule has 0 spiro atoms. The summed E-state index contributed by atoms with van der Waals surface area (Å²) in [6.07, 6.45) is 0. The van der Waals surface area contributed by atoms with Gasteiger partial charge in [-0.1, -0.05) is 51.1 Å². The molecule has 0 fully saturated rings. The molecule has 7 nitrogen and oxygen atoms in total. The van der Waals surface area contributed by atoms with Gasteiger partial charge in [-0.3, -0.25) is 14.7 Å². The Bertz CT molecular complexity index is 733. The van der Waals surface area contributed by atoms with Gasteiger partial charge < -0.3 is 10.6 Å². The van der Waals surface area contributed by atoms with E-state index in [-0.39, 0.29) is 11.8 Å². The van der Waals surface area contributed by atoms with Crippen molar-refractivity contribution < 1.29 is 9.59 Å². The fourth-order valence-corrected chi connectivity index (χ4v) is 2.18. The summed E-state index contributed by atoms with van der Waals surface area (Å²) in [5.74, 6) is 0.666. The number of nitrogens with one attached hydrogen (secondary N) is 3. The molecule has 2 aromatic rings. The summed E-state index contributed by atoms with van der Waals surface area (Å²) in [4.78, 5) is 29.0. The first-order chi connectivity index (χ1) is 11.7. The van der Waals surface area contributed by atoms with Crippen molar-refractivity contribution in [1.29, 1.82) is 0 Å². The van der Waals surface area contributed by atoms with Crippen LogP contribution in [-0.4, -0.2) is 33.0 Å². The van der Waals surface area contributed by atoms with Gasteiger partial charge in [-0.25, -0.2) is 4.98 Å². The summed E-state index contributed by atoms with van der Waals surface area (Å²) in [7, 11) is 0. The maximum Gasteiger partial charge on any atom is 0.243 e. The third kappa shape index (κ3) is 4.89. The van der Waals surface area contributed by atoms with Crippen molar-refractivity contribution in [2.75, 3.05) is 0 Å². The zero-order valence-corrected chi connectivity index (χ0v) is 15.3. The molecule has 0 saturated carbocycles.